The van der Waals surface area contributed by atoms with Gasteiger partial charge < -0.3 is 17.3 Å². The van der Waals surface area contributed by atoms with Crippen LogP contribution in [0.3, 0.4) is 0 Å². The molecule has 1 aromatic rings. The first-order chi connectivity index (χ1) is 6.02. The number of nitrogen functional groups attached to an aromatic ring is 2. The van der Waals surface area contributed by atoms with Gasteiger partial charge in [0.2, 0.25) is 5.95 Å². The van der Waals surface area contributed by atoms with Crippen molar-refractivity contribution in [3.05, 3.63) is 5.82 Å². The highest BCUT2D eigenvalue weighted by Crippen LogP contribution is 2.16. The molecule has 0 aliphatic rings. The largest absolute Gasteiger partial charge is 0.366 e. The van der Waals surface area contributed by atoms with Gasteiger partial charge in [-0.25, -0.2) is 4.68 Å². The highest BCUT2D eigenvalue weighted by molar-refractivity contribution is 5.18. The van der Waals surface area contributed by atoms with Gasteiger partial charge in [-0.05, 0) is 12.3 Å². The first kappa shape index (κ1) is 9.79. The highest BCUT2D eigenvalue weighted by Gasteiger charge is 2.15. The second kappa shape index (κ2) is 3.61. The molecule has 13 heavy (non-hydrogen) atoms. The number of aromatic nitrogens is 3. The lowest BCUT2D eigenvalue weighted by Crippen LogP contribution is -2.23. The maximum absolute atomic E-state index is 5.85. The summed E-state index contributed by atoms with van der Waals surface area (Å²) in [7, 11) is 0. The molecule has 0 spiro atoms. The van der Waals surface area contributed by atoms with E-state index in [2.05, 4.69) is 24.0 Å². The molecule has 1 atom stereocenters. The zero-order valence-corrected chi connectivity index (χ0v) is 7.94. The van der Waals surface area contributed by atoms with Crippen molar-refractivity contribution in [3.8, 4) is 0 Å². The summed E-state index contributed by atoms with van der Waals surface area (Å²) in [5.74, 6) is 6.78. The molecule has 0 amide bonds. The van der Waals surface area contributed by atoms with Crippen molar-refractivity contribution in [3.63, 3.8) is 0 Å². The van der Waals surface area contributed by atoms with Crippen LogP contribution in [0.15, 0.2) is 0 Å². The predicted octanol–water partition coefficient (Wildman–Crippen LogP) is -0.380. The molecule has 1 rings (SSSR count). The Labute approximate surface area is 77.1 Å². The van der Waals surface area contributed by atoms with Crippen LogP contribution in [0.4, 0.5) is 5.95 Å². The van der Waals surface area contributed by atoms with Gasteiger partial charge in [-0.15, -0.1) is 10.2 Å². The minimum atomic E-state index is -0.199. The molecule has 0 bridgehead atoms. The lowest BCUT2D eigenvalue weighted by Gasteiger charge is -2.12. The van der Waals surface area contributed by atoms with Gasteiger partial charge in [0, 0.05) is 0 Å². The van der Waals surface area contributed by atoms with Crippen molar-refractivity contribution in [1.82, 2.24) is 14.9 Å². The van der Waals surface area contributed by atoms with Crippen molar-refractivity contribution >= 4 is 5.95 Å². The SMILES string of the molecule is CC(C)C[C@@H](N)c1nnc(N)n1N. The third-order valence-corrected chi connectivity index (χ3v) is 1.81. The maximum Gasteiger partial charge on any atom is 0.240 e. The van der Waals surface area contributed by atoms with Crippen LogP contribution in [0.5, 0.6) is 0 Å². The van der Waals surface area contributed by atoms with Crippen LogP contribution in [-0.2, 0) is 0 Å². The third-order valence-electron chi connectivity index (χ3n) is 1.81. The number of rotatable bonds is 3. The normalized spacial score (nSPS) is 13.5. The first-order valence-electron chi connectivity index (χ1n) is 4.23. The topological polar surface area (TPSA) is 109 Å². The first-order valence-corrected chi connectivity index (χ1v) is 4.23. The molecule has 1 aromatic heterocycles. The van der Waals surface area contributed by atoms with E-state index in [0.29, 0.717) is 11.7 Å². The van der Waals surface area contributed by atoms with Crippen molar-refractivity contribution in [2.24, 2.45) is 11.7 Å². The van der Waals surface area contributed by atoms with Gasteiger partial charge in [-0.3, -0.25) is 0 Å². The molecule has 0 fully saturated rings. The zero-order valence-electron chi connectivity index (χ0n) is 7.94. The molecule has 0 saturated heterocycles. The Balaban J connectivity index is 2.76. The molecule has 0 aliphatic carbocycles. The minimum absolute atomic E-state index is 0.189. The molecule has 0 unspecified atom stereocenters. The van der Waals surface area contributed by atoms with E-state index in [0.717, 1.165) is 6.42 Å². The van der Waals surface area contributed by atoms with Gasteiger partial charge >= 0.3 is 0 Å². The lowest BCUT2D eigenvalue weighted by atomic mass is 10.0. The van der Waals surface area contributed by atoms with E-state index in [1.165, 1.54) is 4.68 Å². The van der Waals surface area contributed by atoms with Crippen LogP contribution in [0, 0.1) is 5.92 Å². The van der Waals surface area contributed by atoms with Crippen molar-refractivity contribution in [1.29, 1.82) is 0 Å². The zero-order chi connectivity index (χ0) is 10.0. The smallest absolute Gasteiger partial charge is 0.240 e. The van der Waals surface area contributed by atoms with Crippen molar-refractivity contribution < 1.29 is 0 Å². The summed E-state index contributed by atoms with van der Waals surface area (Å²) in [5, 5.41) is 7.44. The van der Waals surface area contributed by atoms with Crippen LogP contribution in [0.25, 0.3) is 0 Å². The number of nitrogens with two attached hydrogens (primary N) is 3. The van der Waals surface area contributed by atoms with E-state index < -0.39 is 0 Å². The minimum Gasteiger partial charge on any atom is -0.366 e. The van der Waals surface area contributed by atoms with Crippen molar-refractivity contribution in [2.75, 3.05) is 11.6 Å². The second-order valence-corrected chi connectivity index (χ2v) is 3.52. The molecule has 74 valence electrons. The summed E-state index contributed by atoms with van der Waals surface area (Å²) in [6, 6.07) is -0.199. The van der Waals surface area contributed by atoms with Crippen LogP contribution >= 0.6 is 0 Å². The second-order valence-electron chi connectivity index (χ2n) is 3.52. The third kappa shape index (κ3) is 2.09. The van der Waals surface area contributed by atoms with Gasteiger partial charge in [0.05, 0.1) is 6.04 Å². The van der Waals surface area contributed by atoms with Gasteiger partial charge in [-0.2, -0.15) is 0 Å². The summed E-state index contributed by atoms with van der Waals surface area (Å²) in [5.41, 5.74) is 11.3. The Kier molecular flexibility index (Phi) is 2.72. The Morgan fingerprint density at radius 2 is 2.00 bits per heavy atom. The van der Waals surface area contributed by atoms with Crippen LogP contribution in [0.1, 0.15) is 32.1 Å². The Bertz CT molecular complexity index is 279. The molecule has 6 heteroatoms. The maximum atomic E-state index is 5.85. The summed E-state index contributed by atoms with van der Waals surface area (Å²) in [6.45, 7) is 4.17. The van der Waals surface area contributed by atoms with Gasteiger partial charge in [-0.1, -0.05) is 13.8 Å². The van der Waals surface area contributed by atoms with E-state index in [9.17, 15) is 0 Å². The molecule has 6 nitrogen and oxygen atoms in total. The summed E-state index contributed by atoms with van der Waals surface area (Å²) in [6.07, 6.45) is 0.815. The number of hydrogen-bond donors (Lipinski definition) is 3. The standard InChI is InChI=1S/C7H16N6/c1-4(2)3-5(8)6-11-12-7(9)13(6)10/h4-5H,3,8,10H2,1-2H3,(H2,9,12)/t5-/m1/s1. The van der Waals surface area contributed by atoms with E-state index in [1.807, 2.05) is 0 Å². The number of hydrogen-bond acceptors (Lipinski definition) is 5. The molecule has 1 heterocycles. The summed E-state index contributed by atoms with van der Waals surface area (Å²) in [4.78, 5) is 0. The molecule has 0 saturated carbocycles. The number of nitrogens with zero attached hydrogens (tertiary/aromatic N) is 3. The quantitative estimate of drug-likeness (QED) is 0.555. The fourth-order valence-corrected chi connectivity index (χ4v) is 1.18. The monoisotopic (exact) mass is 184 g/mol. The Morgan fingerprint density at radius 3 is 2.38 bits per heavy atom. The molecule has 0 radical (unpaired) electrons. The highest BCUT2D eigenvalue weighted by atomic mass is 15.4. The van der Waals surface area contributed by atoms with Crippen LogP contribution < -0.4 is 17.3 Å². The van der Waals surface area contributed by atoms with E-state index in [-0.39, 0.29) is 12.0 Å². The predicted molar refractivity (Wildman–Crippen MR) is 51.0 cm³/mol. The van der Waals surface area contributed by atoms with Crippen molar-refractivity contribution in [2.45, 2.75) is 26.3 Å². The lowest BCUT2D eigenvalue weighted by molar-refractivity contribution is 0.486. The van der Waals surface area contributed by atoms with Gasteiger partial charge in [0.1, 0.15) is 0 Å². The van der Waals surface area contributed by atoms with E-state index in [4.69, 9.17) is 17.3 Å². The van der Waals surface area contributed by atoms with Gasteiger partial charge in [0.15, 0.2) is 5.82 Å². The van der Waals surface area contributed by atoms with Gasteiger partial charge in [0.25, 0.3) is 0 Å². The average molecular weight is 184 g/mol. The summed E-state index contributed by atoms with van der Waals surface area (Å²) < 4.78 is 1.23. The summed E-state index contributed by atoms with van der Waals surface area (Å²) >= 11 is 0. The Hall–Kier alpha value is -1.30. The Morgan fingerprint density at radius 1 is 1.38 bits per heavy atom. The average Bonchev–Trinajstić information content (AvgIpc) is 2.31. The van der Waals surface area contributed by atoms with E-state index >= 15 is 0 Å². The molecular formula is C7H16N6. The molecule has 0 aromatic carbocycles. The molecule has 6 N–H and O–H groups in total. The van der Waals surface area contributed by atoms with Crippen LogP contribution in [0.2, 0.25) is 0 Å². The molecular weight excluding hydrogens is 168 g/mol. The fraction of sp³-hybridized carbons (Fsp3) is 0.714. The number of anilines is 1. The van der Waals surface area contributed by atoms with E-state index in [1.54, 1.807) is 0 Å². The fourth-order valence-electron chi connectivity index (χ4n) is 1.18. The van der Waals surface area contributed by atoms with Crippen LogP contribution in [-0.4, -0.2) is 14.9 Å². The molecule has 0 aliphatic heterocycles.